The lowest BCUT2D eigenvalue weighted by Gasteiger charge is -2.14. The van der Waals surface area contributed by atoms with Crippen LogP contribution in [0.4, 0.5) is 9.59 Å². The van der Waals surface area contributed by atoms with Crippen molar-refractivity contribution in [1.29, 1.82) is 0 Å². The maximum absolute atomic E-state index is 11.4. The van der Waals surface area contributed by atoms with Gasteiger partial charge in [-0.3, -0.25) is 4.57 Å². The van der Waals surface area contributed by atoms with Crippen LogP contribution >= 0.6 is 12.4 Å². The molecule has 0 radical (unpaired) electrons. The van der Waals surface area contributed by atoms with Gasteiger partial charge in [0.05, 0.1) is 0 Å². The van der Waals surface area contributed by atoms with Crippen molar-refractivity contribution in [3.8, 4) is 0 Å². The highest BCUT2D eigenvalue weighted by molar-refractivity contribution is 5.91. The second kappa shape index (κ2) is 5.29. The molecule has 5 nitrogen and oxygen atoms in total. The van der Waals surface area contributed by atoms with Gasteiger partial charge in [-0.15, -0.1) is 12.4 Å². The highest BCUT2D eigenvalue weighted by Crippen LogP contribution is 1.98. The number of aromatic nitrogens is 1. The highest BCUT2D eigenvalue weighted by Gasteiger charge is 2.18. The summed E-state index contributed by atoms with van der Waals surface area (Å²) in [4.78, 5) is 22.7. The zero-order chi connectivity index (χ0) is 9.84. The standard InChI is InChI=1S/C8H10N2O3.ClH/c1-2-10(8(12)13)7(11)9-5-3-4-6-9;/h3-6H,2H2,1H3,(H,12,13);1H. The van der Waals surface area contributed by atoms with Gasteiger partial charge >= 0.3 is 12.1 Å². The third-order valence-electron chi connectivity index (χ3n) is 1.60. The van der Waals surface area contributed by atoms with Crippen LogP contribution in [0.5, 0.6) is 0 Å². The van der Waals surface area contributed by atoms with E-state index in [-0.39, 0.29) is 19.0 Å². The van der Waals surface area contributed by atoms with E-state index in [2.05, 4.69) is 0 Å². The summed E-state index contributed by atoms with van der Waals surface area (Å²) in [7, 11) is 0. The maximum Gasteiger partial charge on any atom is 0.415 e. The molecule has 0 aliphatic carbocycles. The summed E-state index contributed by atoms with van der Waals surface area (Å²) < 4.78 is 1.22. The second-order valence-corrected chi connectivity index (χ2v) is 2.40. The van der Waals surface area contributed by atoms with Gasteiger partial charge in [0.15, 0.2) is 0 Å². The zero-order valence-electron chi connectivity index (χ0n) is 7.58. The Hall–Kier alpha value is -1.49. The van der Waals surface area contributed by atoms with Crippen molar-refractivity contribution in [1.82, 2.24) is 9.47 Å². The van der Waals surface area contributed by atoms with Gasteiger partial charge in [0.1, 0.15) is 0 Å². The summed E-state index contributed by atoms with van der Waals surface area (Å²) in [5, 5.41) is 8.63. The lowest BCUT2D eigenvalue weighted by atomic mass is 10.6. The maximum atomic E-state index is 11.4. The van der Waals surface area contributed by atoms with Crippen molar-refractivity contribution in [2.75, 3.05) is 6.54 Å². The Balaban J connectivity index is 0.00000169. The summed E-state index contributed by atoms with van der Waals surface area (Å²) in [5.74, 6) is 0. The van der Waals surface area contributed by atoms with Crippen molar-refractivity contribution < 1.29 is 14.7 Å². The number of carbonyl (C=O) groups is 2. The normalized spacial score (nSPS) is 8.93. The first-order valence-corrected chi connectivity index (χ1v) is 3.84. The minimum Gasteiger partial charge on any atom is -0.465 e. The quantitative estimate of drug-likeness (QED) is 0.783. The fraction of sp³-hybridized carbons (Fsp3) is 0.250. The summed E-state index contributed by atoms with van der Waals surface area (Å²) in [6.07, 6.45) is 1.78. The first-order valence-electron chi connectivity index (χ1n) is 3.84. The largest absolute Gasteiger partial charge is 0.465 e. The van der Waals surface area contributed by atoms with Gasteiger partial charge < -0.3 is 5.11 Å². The fourth-order valence-corrected chi connectivity index (χ4v) is 0.954. The molecule has 1 rings (SSSR count). The zero-order valence-corrected chi connectivity index (χ0v) is 8.40. The molecule has 2 amide bonds. The van der Waals surface area contributed by atoms with Crippen LogP contribution < -0.4 is 0 Å². The summed E-state index contributed by atoms with van der Waals surface area (Å²) in [6, 6.07) is 2.77. The molecule has 14 heavy (non-hydrogen) atoms. The molecule has 0 saturated heterocycles. The topological polar surface area (TPSA) is 62.5 Å². The van der Waals surface area contributed by atoms with Gasteiger partial charge in [-0.25, -0.2) is 14.5 Å². The number of carboxylic acid groups (broad SMARTS) is 1. The van der Waals surface area contributed by atoms with Crippen molar-refractivity contribution in [3.05, 3.63) is 24.5 Å². The van der Waals surface area contributed by atoms with E-state index in [9.17, 15) is 9.59 Å². The van der Waals surface area contributed by atoms with Crippen LogP contribution in [0, 0.1) is 0 Å². The van der Waals surface area contributed by atoms with Crippen LogP contribution in [0.3, 0.4) is 0 Å². The van der Waals surface area contributed by atoms with E-state index in [0.29, 0.717) is 0 Å². The Morgan fingerprint density at radius 3 is 2.21 bits per heavy atom. The van der Waals surface area contributed by atoms with E-state index in [4.69, 9.17) is 5.11 Å². The molecule has 1 N–H and O–H groups in total. The van der Waals surface area contributed by atoms with E-state index < -0.39 is 12.1 Å². The summed E-state index contributed by atoms with van der Waals surface area (Å²) in [5.41, 5.74) is 0. The smallest absolute Gasteiger partial charge is 0.415 e. The van der Waals surface area contributed by atoms with Crippen molar-refractivity contribution in [3.63, 3.8) is 0 Å². The van der Waals surface area contributed by atoms with Crippen molar-refractivity contribution in [2.24, 2.45) is 0 Å². The molecule has 0 saturated carbocycles. The van der Waals surface area contributed by atoms with Crippen LogP contribution in [0.15, 0.2) is 24.5 Å². The molecule has 0 aliphatic rings. The molecule has 1 aromatic rings. The Bertz CT molecular complexity index is 310. The molecule has 0 aliphatic heterocycles. The Kier molecular flexibility index (Phi) is 4.72. The number of imide groups is 1. The van der Waals surface area contributed by atoms with Crippen molar-refractivity contribution >= 4 is 24.5 Å². The summed E-state index contributed by atoms with van der Waals surface area (Å²) >= 11 is 0. The van der Waals surface area contributed by atoms with Crippen LogP contribution in [-0.4, -0.2) is 33.2 Å². The first kappa shape index (κ1) is 12.5. The first-order chi connectivity index (χ1) is 6.16. The van der Waals surface area contributed by atoms with Gasteiger partial charge in [-0.2, -0.15) is 0 Å². The van der Waals surface area contributed by atoms with Crippen LogP contribution in [-0.2, 0) is 0 Å². The Labute approximate surface area is 87.3 Å². The molecule has 0 spiro atoms. The fourth-order valence-electron chi connectivity index (χ4n) is 0.954. The molecule has 0 aromatic carbocycles. The van der Waals surface area contributed by atoms with E-state index in [1.54, 1.807) is 19.1 Å². The highest BCUT2D eigenvalue weighted by atomic mass is 35.5. The average molecular weight is 219 g/mol. The predicted molar refractivity (Wildman–Crippen MR) is 52.9 cm³/mol. The number of nitrogens with zero attached hydrogens (tertiary/aromatic N) is 2. The molecule has 6 heteroatoms. The number of hydrogen-bond acceptors (Lipinski definition) is 2. The van der Waals surface area contributed by atoms with Gasteiger partial charge in [0.25, 0.3) is 0 Å². The van der Waals surface area contributed by atoms with E-state index in [0.717, 1.165) is 4.90 Å². The van der Waals surface area contributed by atoms with E-state index >= 15 is 0 Å². The lowest BCUT2D eigenvalue weighted by molar-refractivity contribution is 0.150. The Morgan fingerprint density at radius 2 is 1.86 bits per heavy atom. The van der Waals surface area contributed by atoms with Crippen LogP contribution in [0.25, 0.3) is 0 Å². The van der Waals surface area contributed by atoms with Crippen LogP contribution in [0.1, 0.15) is 6.92 Å². The number of hydrogen-bond donors (Lipinski definition) is 1. The van der Waals surface area contributed by atoms with Crippen LogP contribution in [0.2, 0.25) is 0 Å². The molecule has 0 fully saturated rings. The van der Waals surface area contributed by atoms with Gasteiger partial charge in [-0.1, -0.05) is 0 Å². The monoisotopic (exact) mass is 218 g/mol. The lowest BCUT2D eigenvalue weighted by Crippen LogP contribution is -2.37. The Morgan fingerprint density at radius 1 is 1.36 bits per heavy atom. The average Bonchev–Trinajstić information content (AvgIpc) is 2.56. The molecule has 0 unspecified atom stereocenters. The number of carbonyl (C=O) groups excluding carboxylic acids is 1. The molecule has 0 atom stereocenters. The van der Waals surface area contributed by atoms with E-state index in [1.165, 1.54) is 17.0 Å². The number of rotatable bonds is 1. The molecule has 1 aromatic heterocycles. The molecular formula is C8H11ClN2O3. The predicted octanol–water partition coefficient (Wildman–Crippen LogP) is 1.88. The minimum absolute atomic E-state index is 0. The SMILES string of the molecule is CCN(C(=O)O)C(=O)n1cccc1.Cl. The number of amides is 2. The molecular weight excluding hydrogens is 208 g/mol. The summed E-state index contributed by atoms with van der Waals surface area (Å²) in [6.45, 7) is 1.75. The van der Waals surface area contributed by atoms with Gasteiger partial charge in [0, 0.05) is 18.9 Å². The second-order valence-electron chi connectivity index (χ2n) is 2.40. The number of halogens is 1. The molecule has 0 bridgehead atoms. The van der Waals surface area contributed by atoms with Gasteiger partial charge in [0.2, 0.25) is 0 Å². The molecule has 1 heterocycles. The minimum atomic E-state index is -1.23. The third-order valence-corrected chi connectivity index (χ3v) is 1.60. The molecule has 78 valence electrons. The third kappa shape index (κ3) is 2.50. The van der Waals surface area contributed by atoms with Crippen molar-refractivity contribution in [2.45, 2.75) is 6.92 Å². The van der Waals surface area contributed by atoms with E-state index in [1.807, 2.05) is 0 Å². The van der Waals surface area contributed by atoms with Gasteiger partial charge in [-0.05, 0) is 19.1 Å².